The van der Waals surface area contributed by atoms with Crippen LogP contribution in [0.1, 0.15) is 123 Å². The van der Waals surface area contributed by atoms with Crippen molar-refractivity contribution in [3.05, 3.63) is 0 Å². The van der Waals surface area contributed by atoms with Crippen LogP contribution in [-0.2, 0) is 9.53 Å². The van der Waals surface area contributed by atoms with E-state index >= 15 is 0 Å². The predicted octanol–water partition coefficient (Wildman–Crippen LogP) is 7.69. The minimum atomic E-state index is 0.0766. The first-order chi connectivity index (χ1) is 13.7. The summed E-state index contributed by atoms with van der Waals surface area (Å²) >= 11 is 0. The van der Waals surface area contributed by atoms with Crippen molar-refractivity contribution in [2.75, 3.05) is 0 Å². The van der Waals surface area contributed by atoms with Gasteiger partial charge in [-0.05, 0) is 81.0 Å². The lowest BCUT2D eigenvalue weighted by Crippen LogP contribution is -2.43. The number of carbonyl (C=O) groups is 1. The molecule has 3 aliphatic carbocycles. The normalized spacial score (nSPS) is 35.1. The SMILES string of the molecule is CCCCCCCCC(=O)OC1CCC2C(CCC3CC(CCC)CCC32)C1. The van der Waals surface area contributed by atoms with Crippen molar-refractivity contribution >= 4 is 5.97 Å². The molecule has 0 aromatic rings. The van der Waals surface area contributed by atoms with E-state index in [9.17, 15) is 4.79 Å². The highest BCUT2D eigenvalue weighted by molar-refractivity contribution is 5.69. The van der Waals surface area contributed by atoms with Crippen LogP contribution in [0.2, 0.25) is 0 Å². The molecule has 0 aliphatic heterocycles. The van der Waals surface area contributed by atoms with E-state index in [1.807, 2.05) is 0 Å². The summed E-state index contributed by atoms with van der Waals surface area (Å²) < 4.78 is 5.91. The van der Waals surface area contributed by atoms with Crippen LogP contribution in [0, 0.1) is 29.6 Å². The fraction of sp³-hybridized carbons (Fsp3) is 0.962. The van der Waals surface area contributed by atoms with Crippen molar-refractivity contribution < 1.29 is 9.53 Å². The molecule has 2 nitrogen and oxygen atoms in total. The van der Waals surface area contributed by atoms with E-state index in [1.165, 1.54) is 83.5 Å². The van der Waals surface area contributed by atoms with Crippen molar-refractivity contribution in [1.82, 2.24) is 0 Å². The van der Waals surface area contributed by atoms with Crippen molar-refractivity contribution in [2.45, 2.75) is 129 Å². The molecule has 162 valence electrons. The van der Waals surface area contributed by atoms with E-state index in [0.29, 0.717) is 6.42 Å². The van der Waals surface area contributed by atoms with Gasteiger partial charge in [-0.25, -0.2) is 0 Å². The van der Waals surface area contributed by atoms with Crippen LogP contribution in [0.3, 0.4) is 0 Å². The van der Waals surface area contributed by atoms with Gasteiger partial charge in [0.1, 0.15) is 6.10 Å². The molecule has 2 heteroatoms. The van der Waals surface area contributed by atoms with Crippen molar-refractivity contribution in [3.63, 3.8) is 0 Å². The molecule has 6 atom stereocenters. The first kappa shape index (κ1) is 22.2. The summed E-state index contributed by atoms with van der Waals surface area (Å²) in [6, 6.07) is 0. The van der Waals surface area contributed by atoms with Crippen LogP contribution in [0.25, 0.3) is 0 Å². The van der Waals surface area contributed by atoms with Crippen LogP contribution in [0.5, 0.6) is 0 Å². The third-order valence-corrected chi connectivity index (χ3v) is 8.33. The maximum absolute atomic E-state index is 12.3. The van der Waals surface area contributed by atoms with Gasteiger partial charge in [0.05, 0.1) is 0 Å². The third-order valence-electron chi connectivity index (χ3n) is 8.33. The summed E-state index contributed by atoms with van der Waals surface area (Å²) in [5, 5.41) is 0. The summed E-state index contributed by atoms with van der Waals surface area (Å²) in [7, 11) is 0. The zero-order chi connectivity index (χ0) is 19.8. The van der Waals surface area contributed by atoms with Gasteiger partial charge in [0, 0.05) is 6.42 Å². The number of carbonyl (C=O) groups excluding carboxylic acids is 1. The Morgan fingerprint density at radius 1 is 0.750 bits per heavy atom. The van der Waals surface area contributed by atoms with Crippen molar-refractivity contribution in [2.24, 2.45) is 29.6 Å². The second kappa shape index (κ2) is 11.6. The molecule has 0 bridgehead atoms. The van der Waals surface area contributed by atoms with Gasteiger partial charge in [-0.1, -0.05) is 65.2 Å². The summed E-state index contributed by atoms with van der Waals surface area (Å²) in [5.41, 5.74) is 0. The Morgan fingerprint density at radius 2 is 1.43 bits per heavy atom. The van der Waals surface area contributed by atoms with Crippen LogP contribution in [-0.4, -0.2) is 12.1 Å². The number of esters is 1. The molecule has 3 fully saturated rings. The highest BCUT2D eigenvalue weighted by atomic mass is 16.5. The zero-order valence-electron chi connectivity index (χ0n) is 18.8. The van der Waals surface area contributed by atoms with Crippen LogP contribution in [0.15, 0.2) is 0 Å². The second-order valence-electron chi connectivity index (χ2n) is 10.3. The minimum absolute atomic E-state index is 0.0766. The molecular weight excluding hydrogens is 344 g/mol. The average Bonchev–Trinajstić information content (AvgIpc) is 2.70. The Balaban J connectivity index is 1.36. The Kier molecular flexibility index (Phi) is 9.18. The number of hydrogen-bond donors (Lipinski definition) is 0. The number of ether oxygens (including phenoxy) is 1. The van der Waals surface area contributed by atoms with E-state index in [2.05, 4.69) is 13.8 Å². The third kappa shape index (κ3) is 6.23. The summed E-state index contributed by atoms with van der Waals surface area (Å²) in [6.45, 7) is 4.59. The van der Waals surface area contributed by atoms with E-state index in [0.717, 1.165) is 48.9 Å². The molecule has 6 unspecified atom stereocenters. The molecular formula is C26H46O2. The average molecular weight is 391 g/mol. The maximum atomic E-state index is 12.3. The quantitative estimate of drug-likeness (QED) is 0.282. The minimum Gasteiger partial charge on any atom is -0.462 e. The van der Waals surface area contributed by atoms with Gasteiger partial charge in [-0.3, -0.25) is 4.79 Å². The fourth-order valence-electron chi connectivity index (χ4n) is 6.92. The molecule has 0 aromatic heterocycles. The molecule has 0 heterocycles. The molecule has 0 N–H and O–H groups in total. The molecule has 3 rings (SSSR count). The molecule has 3 aliphatic rings. The Hall–Kier alpha value is -0.530. The van der Waals surface area contributed by atoms with Gasteiger partial charge < -0.3 is 4.74 Å². The molecule has 0 amide bonds. The summed E-state index contributed by atoms with van der Waals surface area (Å²) in [6.07, 6.45) is 22.0. The van der Waals surface area contributed by atoms with Crippen LogP contribution < -0.4 is 0 Å². The number of rotatable bonds is 10. The first-order valence-electron chi connectivity index (χ1n) is 12.9. The van der Waals surface area contributed by atoms with Crippen LogP contribution >= 0.6 is 0 Å². The molecule has 0 radical (unpaired) electrons. The summed E-state index contributed by atoms with van der Waals surface area (Å²) in [4.78, 5) is 12.3. The first-order valence-corrected chi connectivity index (χ1v) is 12.9. The van der Waals surface area contributed by atoms with Gasteiger partial charge in [-0.15, -0.1) is 0 Å². The molecule has 0 saturated heterocycles. The number of hydrogen-bond acceptors (Lipinski definition) is 2. The van der Waals surface area contributed by atoms with Gasteiger partial charge in [-0.2, -0.15) is 0 Å². The molecule has 28 heavy (non-hydrogen) atoms. The number of fused-ring (bicyclic) bond motifs is 3. The summed E-state index contributed by atoms with van der Waals surface area (Å²) in [5.74, 6) is 4.87. The topological polar surface area (TPSA) is 26.3 Å². The molecule has 3 saturated carbocycles. The second-order valence-corrected chi connectivity index (χ2v) is 10.3. The lowest BCUT2D eigenvalue weighted by atomic mass is 9.56. The monoisotopic (exact) mass is 390 g/mol. The Labute approximate surface area is 174 Å². The maximum Gasteiger partial charge on any atom is 0.306 e. The molecule has 0 aromatic carbocycles. The van der Waals surface area contributed by atoms with E-state index < -0.39 is 0 Å². The van der Waals surface area contributed by atoms with Gasteiger partial charge in [0.2, 0.25) is 0 Å². The van der Waals surface area contributed by atoms with Crippen LogP contribution in [0.4, 0.5) is 0 Å². The highest BCUT2D eigenvalue weighted by Gasteiger charge is 2.44. The highest BCUT2D eigenvalue weighted by Crippen LogP contribution is 2.53. The van der Waals surface area contributed by atoms with E-state index in [4.69, 9.17) is 4.74 Å². The zero-order valence-corrected chi connectivity index (χ0v) is 18.8. The molecule has 0 spiro atoms. The van der Waals surface area contributed by atoms with Crippen molar-refractivity contribution in [1.29, 1.82) is 0 Å². The van der Waals surface area contributed by atoms with Gasteiger partial charge >= 0.3 is 5.97 Å². The van der Waals surface area contributed by atoms with E-state index in [-0.39, 0.29) is 12.1 Å². The van der Waals surface area contributed by atoms with Gasteiger partial charge in [0.15, 0.2) is 0 Å². The van der Waals surface area contributed by atoms with Crippen molar-refractivity contribution in [3.8, 4) is 0 Å². The fourth-order valence-corrected chi connectivity index (χ4v) is 6.92. The largest absolute Gasteiger partial charge is 0.462 e. The Bertz CT molecular complexity index is 459. The lowest BCUT2D eigenvalue weighted by molar-refractivity contribution is -0.153. The predicted molar refractivity (Wildman–Crippen MR) is 117 cm³/mol. The standard InChI is InChI=1S/C26H46O2/c1-3-5-6-7-8-9-11-26(27)28-23-15-17-25-22(19-23)14-13-21-18-20(10-4-2)12-16-24(21)25/h20-25H,3-19H2,1-2H3. The number of unbranched alkanes of at least 4 members (excludes halogenated alkanes) is 5. The smallest absolute Gasteiger partial charge is 0.306 e. The van der Waals surface area contributed by atoms with Gasteiger partial charge in [0.25, 0.3) is 0 Å². The Morgan fingerprint density at radius 3 is 2.18 bits per heavy atom. The lowest BCUT2D eigenvalue weighted by Gasteiger charge is -2.50. The van der Waals surface area contributed by atoms with E-state index in [1.54, 1.807) is 0 Å².